The van der Waals surface area contributed by atoms with Crippen LogP contribution >= 0.6 is 0 Å². The molecule has 0 spiro atoms. The third-order valence-corrected chi connectivity index (χ3v) is 5.67. The third-order valence-electron chi connectivity index (χ3n) is 5.67. The summed E-state index contributed by atoms with van der Waals surface area (Å²) >= 11 is 0. The summed E-state index contributed by atoms with van der Waals surface area (Å²) in [6.07, 6.45) is 4.50. The molecule has 0 radical (unpaired) electrons. The van der Waals surface area contributed by atoms with Gasteiger partial charge in [-0.05, 0) is 23.8 Å². The molecule has 3 aromatic heterocycles. The second kappa shape index (κ2) is 8.79. The Hall–Kier alpha value is -4.92. The smallest absolute Gasteiger partial charge is 0.317 e. The van der Waals surface area contributed by atoms with E-state index in [9.17, 15) is 4.79 Å². The topological polar surface area (TPSA) is 111 Å². The van der Waals surface area contributed by atoms with E-state index in [1.807, 2.05) is 79.0 Å². The van der Waals surface area contributed by atoms with E-state index in [4.69, 9.17) is 9.41 Å². The first kappa shape index (κ1) is 20.7. The minimum absolute atomic E-state index is 0.0895. The van der Waals surface area contributed by atoms with Crippen molar-refractivity contribution in [2.45, 2.75) is 12.6 Å². The number of carbonyl (C=O) groups excluding carboxylic acids is 1. The monoisotopic (exact) mass is 461 g/mol. The van der Waals surface area contributed by atoms with Crippen molar-refractivity contribution in [3.63, 3.8) is 0 Å². The molecule has 5 aromatic rings. The Labute approximate surface area is 200 Å². The standard InChI is InChI=1S/C26H19N7O2/c34-21-15-18-9-4-5-10-20(18)23(17-7-2-1-3-8-17)29-24(21)30-26-32-31-25(35-26)19-11-12-22(27-16-19)33-14-6-13-28-33/h1-14,16,24H,15H2,(H,30,32)/t24-/m1/s1. The second-order valence-corrected chi connectivity index (χ2v) is 7.96. The Morgan fingerprint density at radius 1 is 0.914 bits per heavy atom. The number of nitrogens with zero attached hydrogens (tertiary/aromatic N) is 6. The molecule has 0 amide bonds. The van der Waals surface area contributed by atoms with E-state index in [0.29, 0.717) is 11.4 Å². The highest BCUT2D eigenvalue weighted by Gasteiger charge is 2.27. The number of hydrogen-bond donors (Lipinski definition) is 1. The Kier molecular flexibility index (Phi) is 5.19. The van der Waals surface area contributed by atoms with Crippen LogP contribution in [-0.2, 0) is 11.2 Å². The van der Waals surface area contributed by atoms with Crippen LogP contribution < -0.4 is 5.32 Å². The lowest BCUT2D eigenvalue weighted by atomic mass is 9.96. The molecular formula is C26H19N7O2. The van der Waals surface area contributed by atoms with Gasteiger partial charge in [-0.25, -0.2) is 9.67 Å². The van der Waals surface area contributed by atoms with Crippen molar-refractivity contribution in [1.29, 1.82) is 0 Å². The Morgan fingerprint density at radius 3 is 2.57 bits per heavy atom. The molecule has 1 aliphatic heterocycles. The Balaban J connectivity index is 1.29. The van der Waals surface area contributed by atoms with Crippen LogP contribution in [0, 0.1) is 0 Å². The molecule has 1 atom stereocenters. The second-order valence-electron chi connectivity index (χ2n) is 7.96. The summed E-state index contributed by atoms with van der Waals surface area (Å²) in [6, 6.07) is 23.2. The lowest BCUT2D eigenvalue weighted by Gasteiger charge is -2.11. The van der Waals surface area contributed by atoms with Crippen LogP contribution in [-0.4, -0.2) is 42.6 Å². The van der Waals surface area contributed by atoms with Crippen molar-refractivity contribution in [3.8, 4) is 17.3 Å². The summed E-state index contributed by atoms with van der Waals surface area (Å²) in [4.78, 5) is 22.3. The quantitative estimate of drug-likeness (QED) is 0.425. The molecule has 1 aliphatic rings. The van der Waals surface area contributed by atoms with Crippen molar-refractivity contribution in [1.82, 2.24) is 25.0 Å². The van der Waals surface area contributed by atoms with E-state index in [-0.39, 0.29) is 24.1 Å². The van der Waals surface area contributed by atoms with Gasteiger partial charge in [-0.2, -0.15) is 5.10 Å². The molecule has 0 saturated carbocycles. The average molecular weight is 461 g/mol. The molecule has 9 nitrogen and oxygen atoms in total. The number of fused-ring (bicyclic) bond motifs is 1. The van der Waals surface area contributed by atoms with Gasteiger partial charge in [-0.1, -0.05) is 59.7 Å². The summed E-state index contributed by atoms with van der Waals surface area (Å²) in [5.74, 6) is 0.861. The number of anilines is 1. The molecule has 0 saturated heterocycles. The summed E-state index contributed by atoms with van der Waals surface area (Å²) < 4.78 is 7.45. The van der Waals surface area contributed by atoms with Crippen molar-refractivity contribution in [2.24, 2.45) is 4.99 Å². The van der Waals surface area contributed by atoms with Crippen LogP contribution in [0.5, 0.6) is 0 Å². The largest absolute Gasteiger partial charge is 0.403 e. The van der Waals surface area contributed by atoms with Crippen LogP contribution in [0.4, 0.5) is 6.01 Å². The highest BCUT2D eigenvalue weighted by Crippen LogP contribution is 2.24. The zero-order chi connectivity index (χ0) is 23.6. The SMILES string of the molecule is O=C1Cc2ccccc2C(c2ccccc2)=N[C@@H]1Nc1nnc(-c2ccc(-n3cccn3)nc2)o1. The number of hydrogen-bond acceptors (Lipinski definition) is 8. The molecule has 0 fully saturated rings. The number of aliphatic imine (C=N–C) groups is 1. The fraction of sp³-hybridized carbons (Fsp3) is 0.0769. The molecule has 0 aliphatic carbocycles. The molecular weight excluding hydrogens is 442 g/mol. The van der Waals surface area contributed by atoms with E-state index in [0.717, 1.165) is 22.4 Å². The average Bonchev–Trinajstić information content (AvgIpc) is 3.58. The maximum atomic E-state index is 13.1. The maximum absolute atomic E-state index is 13.1. The maximum Gasteiger partial charge on any atom is 0.317 e. The molecule has 170 valence electrons. The first-order valence-corrected chi connectivity index (χ1v) is 11.1. The van der Waals surface area contributed by atoms with Crippen LogP contribution in [0.3, 0.4) is 0 Å². The molecule has 9 heteroatoms. The van der Waals surface area contributed by atoms with Crippen LogP contribution in [0.1, 0.15) is 16.7 Å². The summed E-state index contributed by atoms with van der Waals surface area (Å²) in [7, 11) is 0. The van der Waals surface area contributed by atoms with E-state index < -0.39 is 6.17 Å². The van der Waals surface area contributed by atoms with Gasteiger partial charge in [0.15, 0.2) is 17.8 Å². The number of pyridine rings is 1. The lowest BCUT2D eigenvalue weighted by molar-refractivity contribution is -0.119. The van der Waals surface area contributed by atoms with Gasteiger partial charge in [0, 0.05) is 36.1 Å². The van der Waals surface area contributed by atoms with Gasteiger partial charge < -0.3 is 9.73 Å². The van der Waals surface area contributed by atoms with Gasteiger partial charge in [0.05, 0.1) is 11.3 Å². The molecule has 6 rings (SSSR count). The van der Waals surface area contributed by atoms with Crippen LogP contribution in [0.2, 0.25) is 0 Å². The van der Waals surface area contributed by atoms with Crippen molar-refractivity contribution in [2.75, 3.05) is 5.32 Å². The Bertz CT molecular complexity index is 1510. The normalized spacial score (nSPS) is 15.3. The zero-order valence-corrected chi connectivity index (χ0v) is 18.4. The Morgan fingerprint density at radius 2 is 1.77 bits per heavy atom. The van der Waals surface area contributed by atoms with Gasteiger partial charge >= 0.3 is 6.01 Å². The van der Waals surface area contributed by atoms with E-state index in [1.165, 1.54) is 0 Å². The van der Waals surface area contributed by atoms with Gasteiger partial charge in [0.2, 0.25) is 0 Å². The summed E-state index contributed by atoms with van der Waals surface area (Å²) in [5.41, 5.74) is 4.18. The number of rotatable bonds is 5. The fourth-order valence-corrected chi connectivity index (χ4v) is 3.97. The molecule has 1 N–H and O–H groups in total. The molecule has 0 bridgehead atoms. The minimum atomic E-state index is -0.869. The van der Waals surface area contributed by atoms with E-state index in [2.05, 4.69) is 25.6 Å². The van der Waals surface area contributed by atoms with Gasteiger partial charge in [0.25, 0.3) is 5.89 Å². The predicted octanol–water partition coefficient (Wildman–Crippen LogP) is 3.72. The van der Waals surface area contributed by atoms with E-state index in [1.54, 1.807) is 17.1 Å². The predicted molar refractivity (Wildman–Crippen MR) is 129 cm³/mol. The molecule has 35 heavy (non-hydrogen) atoms. The number of benzene rings is 2. The number of aromatic nitrogens is 5. The van der Waals surface area contributed by atoms with E-state index >= 15 is 0 Å². The highest BCUT2D eigenvalue weighted by atomic mass is 16.4. The fourth-order valence-electron chi connectivity index (χ4n) is 3.97. The van der Waals surface area contributed by atoms with Crippen LogP contribution in [0.15, 0.2) is 101 Å². The van der Waals surface area contributed by atoms with Gasteiger partial charge in [-0.3, -0.25) is 9.79 Å². The third kappa shape index (κ3) is 4.10. The number of carbonyl (C=O) groups is 1. The van der Waals surface area contributed by atoms with Crippen molar-refractivity contribution >= 4 is 17.5 Å². The summed E-state index contributed by atoms with van der Waals surface area (Å²) in [5, 5.41) is 15.4. The van der Waals surface area contributed by atoms with Crippen molar-refractivity contribution < 1.29 is 9.21 Å². The number of ketones is 1. The molecule has 2 aromatic carbocycles. The van der Waals surface area contributed by atoms with Gasteiger partial charge in [0.1, 0.15) is 0 Å². The first-order chi connectivity index (χ1) is 17.2. The van der Waals surface area contributed by atoms with Crippen LogP contribution in [0.25, 0.3) is 17.3 Å². The molecule has 4 heterocycles. The summed E-state index contributed by atoms with van der Waals surface area (Å²) in [6.45, 7) is 0. The van der Waals surface area contributed by atoms with Crippen molar-refractivity contribution in [3.05, 3.63) is 108 Å². The number of nitrogens with one attached hydrogen (secondary N) is 1. The van der Waals surface area contributed by atoms with Gasteiger partial charge in [-0.15, -0.1) is 5.10 Å². The highest BCUT2D eigenvalue weighted by molar-refractivity contribution is 6.16. The molecule has 0 unspecified atom stereocenters. The number of Topliss-reactive ketones (excluding diaryl/α,β-unsaturated/α-hetero) is 1. The zero-order valence-electron chi connectivity index (χ0n) is 18.4. The minimum Gasteiger partial charge on any atom is -0.403 e. The first-order valence-electron chi connectivity index (χ1n) is 11.1. The lowest BCUT2D eigenvalue weighted by Crippen LogP contribution is -2.29.